The molecule has 0 radical (unpaired) electrons. The van der Waals surface area contributed by atoms with Crippen molar-refractivity contribution in [2.45, 2.75) is 13.0 Å². The highest BCUT2D eigenvalue weighted by Crippen LogP contribution is 2.29. The van der Waals surface area contributed by atoms with Gasteiger partial charge in [0.25, 0.3) is 0 Å². The second-order valence-corrected chi connectivity index (χ2v) is 4.95. The maximum absolute atomic E-state index is 11.5. The van der Waals surface area contributed by atoms with E-state index in [4.69, 9.17) is 4.74 Å². The van der Waals surface area contributed by atoms with E-state index in [1.54, 1.807) is 0 Å². The lowest BCUT2D eigenvalue weighted by Gasteiger charge is -2.13. The Bertz CT molecular complexity index is 670. The zero-order chi connectivity index (χ0) is 13.9. The number of hydrogen-bond donors (Lipinski definition) is 1. The zero-order valence-electron chi connectivity index (χ0n) is 11.6. The van der Waals surface area contributed by atoms with Crippen LogP contribution < -0.4 is 5.32 Å². The van der Waals surface area contributed by atoms with Gasteiger partial charge in [-0.1, -0.05) is 24.3 Å². The van der Waals surface area contributed by atoms with Crippen LogP contribution in [-0.4, -0.2) is 30.7 Å². The van der Waals surface area contributed by atoms with Crippen LogP contribution in [0.2, 0.25) is 0 Å². The predicted molar refractivity (Wildman–Crippen MR) is 79.4 cm³/mol. The van der Waals surface area contributed by atoms with Gasteiger partial charge in [-0.2, -0.15) is 0 Å². The summed E-state index contributed by atoms with van der Waals surface area (Å²) in [6.07, 6.45) is 5.32. The molecule has 1 aliphatic heterocycles. The van der Waals surface area contributed by atoms with Gasteiger partial charge in [-0.25, -0.2) is 0 Å². The fraction of sp³-hybridized carbons (Fsp3) is 0.312. The SMILES string of the molecule is COC(=O)Cn1cc(C2=CCNCC2)c2ccccc21. The quantitative estimate of drug-likeness (QED) is 0.869. The van der Waals surface area contributed by atoms with E-state index in [0.717, 1.165) is 25.0 Å². The molecule has 0 bridgehead atoms. The normalized spacial score (nSPS) is 15.2. The van der Waals surface area contributed by atoms with Gasteiger partial charge in [0.15, 0.2) is 0 Å². The second-order valence-electron chi connectivity index (χ2n) is 4.95. The van der Waals surface area contributed by atoms with Crippen molar-refractivity contribution in [1.29, 1.82) is 0 Å². The minimum absolute atomic E-state index is 0.225. The van der Waals surface area contributed by atoms with Gasteiger partial charge in [0.1, 0.15) is 6.54 Å². The lowest BCUT2D eigenvalue weighted by Crippen LogP contribution is -2.19. The number of nitrogens with one attached hydrogen (secondary N) is 1. The topological polar surface area (TPSA) is 43.3 Å². The van der Waals surface area contributed by atoms with Gasteiger partial charge < -0.3 is 14.6 Å². The number of methoxy groups -OCH3 is 1. The highest BCUT2D eigenvalue weighted by atomic mass is 16.5. The summed E-state index contributed by atoms with van der Waals surface area (Å²) in [5.41, 5.74) is 3.65. The molecule has 20 heavy (non-hydrogen) atoms. The molecular formula is C16H18N2O2. The van der Waals surface area contributed by atoms with Gasteiger partial charge in [0.05, 0.1) is 7.11 Å². The van der Waals surface area contributed by atoms with Crippen LogP contribution in [0.3, 0.4) is 0 Å². The van der Waals surface area contributed by atoms with Crippen LogP contribution in [0.4, 0.5) is 0 Å². The molecule has 0 spiro atoms. The van der Waals surface area contributed by atoms with Crippen molar-refractivity contribution >= 4 is 22.4 Å². The van der Waals surface area contributed by atoms with E-state index in [0.29, 0.717) is 0 Å². The van der Waals surface area contributed by atoms with Crippen LogP contribution in [0.1, 0.15) is 12.0 Å². The third kappa shape index (κ3) is 2.34. The molecule has 0 saturated heterocycles. The van der Waals surface area contributed by atoms with E-state index < -0.39 is 0 Å². The Hall–Kier alpha value is -2.07. The van der Waals surface area contributed by atoms with Gasteiger partial charge in [-0.3, -0.25) is 4.79 Å². The molecule has 1 aromatic carbocycles. The highest BCUT2D eigenvalue weighted by molar-refractivity contribution is 5.94. The Morgan fingerprint density at radius 3 is 3.00 bits per heavy atom. The average Bonchev–Trinajstić information content (AvgIpc) is 2.87. The predicted octanol–water partition coefficient (Wildman–Crippen LogP) is 2.19. The summed E-state index contributed by atoms with van der Waals surface area (Å²) >= 11 is 0. The fourth-order valence-electron chi connectivity index (χ4n) is 2.70. The number of ether oxygens (including phenoxy) is 1. The van der Waals surface area contributed by atoms with Crippen LogP contribution >= 0.6 is 0 Å². The number of benzene rings is 1. The molecule has 4 heteroatoms. The number of hydrogen-bond acceptors (Lipinski definition) is 3. The first kappa shape index (κ1) is 12.9. The molecule has 0 unspecified atom stereocenters. The van der Waals surface area contributed by atoms with Crippen molar-refractivity contribution in [3.05, 3.63) is 42.1 Å². The number of aromatic nitrogens is 1. The van der Waals surface area contributed by atoms with Crippen LogP contribution in [-0.2, 0) is 16.1 Å². The largest absolute Gasteiger partial charge is 0.468 e. The average molecular weight is 270 g/mol. The van der Waals surface area contributed by atoms with Crippen molar-refractivity contribution < 1.29 is 9.53 Å². The molecule has 1 N–H and O–H groups in total. The maximum atomic E-state index is 11.5. The molecule has 2 heterocycles. The zero-order valence-corrected chi connectivity index (χ0v) is 11.6. The van der Waals surface area contributed by atoms with E-state index in [9.17, 15) is 4.79 Å². The summed E-state index contributed by atoms with van der Waals surface area (Å²) in [6.45, 7) is 2.16. The molecule has 0 saturated carbocycles. The Morgan fingerprint density at radius 2 is 2.25 bits per heavy atom. The summed E-state index contributed by atoms with van der Waals surface area (Å²) < 4.78 is 6.75. The van der Waals surface area contributed by atoms with Crippen molar-refractivity contribution in [3.8, 4) is 0 Å². The number of rotatable bonds is 3. The van der Waals surface area contributed by atoms with Crippen molar-refractivity contribution in [2.75, 3.05) is 20.2 Å². The molecule has 0 aliphatic carbocycles. The molecule has 0 fully saturated rings. The van der Waals surface area contributed by atoms with Crippen molar-refractivity contribution in [2.24, 2.45) is 0 Å². The van der Waals surface area contributed by atoms with Crippen LogP contribution in [0.5, 0.6) is 0 Å². The van der Waals surface area contributed by atoms with Gasteiger partial charge in [0, 0.05) is 29.2 Å². The number of nitrogens with zero attached hydrogens (tertiary/aromatic N) is 1. The van der Waals surface area contributed by atoms with E-state index in [2.05, 4.69) is 23.7 Å². The van der Waals surface area contributed by atoms with Crippen molar-refractivity contribution in [1.82, 2.24) is 9.88 Å². The molecule has 1 aromatic heterocycles. The number of carbonyl (C=O) groups excluding carboxylic acids is 1. The summed E-state index contributed by atoms with van der Waals surface area (Å²) in [7, 11) is 1.42. The number of para-hydroxylation sites is 1. The van der Waals surface area contributed by atoms with Gasteiger partial charge in [-0.05, 0) is 24.6 Å². The molecular weight excluding hydrogens is 252 g/mol. The highest BCUT2D eigenvalue weighted by Gasteiger charge is 2.14. The van der Waals surface area contributed by atoms with E-state index in [1.807, 2.05) is 22.8 Å². The Morgan fingerprint density at radius 1 is 1.40 bits per heavy atom. The molecule has 1 aliphatic rings. The van der Waals surface area contributed by atoms with Gasteiger partial charge in [0.2, 0.25) is 0 Å². The van der Waals surface area contributed by atoms with E-state index >= 15 is 0 Å². The standard InChI is InChI=1S/C16H18N2O2/c1-20-16(19)11-18-10-14(12-6-8-17-9-7-12)13-4-2-3-5-15(13)18/h2-6,10,17H,7-9,11H2,1H3. The molecule has 3 rings (SSSR count). The minimum Gasteiger partial charge on any atom is -0.468 e. The maximum Gasteiger partial charge on any atom is 0.325 e. The summed E-state index contributed by atoms with van der Waals surface area (Å²) in [6, 6.07) is 8.19. The smallest absolute Gasteiger partial charge is 0.325 e. The third-order valence-electron chi connectivity index (χ3n) is 3.73. The van der Waals surface area contributed by atoms with E-state index in [-0.39, 0.29) is 12.5 Å². The summed E-state index contributed by atoms with van der Waals surface area (Å²) in [4.78, 5) is 11.5. The number of carbonyl (C=O) groups is 1. The Kier molecular flexibility index (Phi) is 3.56. The molecule has 4 nitrogen and oxygen atoms in total. The van der Waals surface area contributed by atoms with Crippen LogP contribution in [0.15, 0.2) is 36.5 Å². The first-order valence-electron chi connectivity index (χ1n) is 6.84. The monoisotopic (exact) mass is 270 g/mol. The first-order valence-corrected chi connectivity index (χ1v) is 6.84. The fourth-order valence-corrected chi connectivity index (χ4v) is 2.70. The third-order valence-corrected chi connectivity index (χ3v) is 3.73. The van der Waals surface area contributed by atoms with Crippen molar-refractivity contribution in [3.63, 3.8) is 0 Å². The number of esters is 1. The summed E-state index contributed by atoms with van der Waals surface area (Å²) in [5.74, 6) is -0.225. The summed E-state index contributed by atoms with van der Waals surface area (Å²) in [5, 5.41) is 4.52. The lowest BCUT2D eigenvalue weighted by atomic mass is 10.00. The lowest BCUT2D eigenvalue weighted by molar-refractivity contribution is -0.141. The first-order chi connectivity index (χ1) is 9.79. The van der Waals surface area contributed by atoms with Crippen LogP contribution in [0.25, 0.3) is 16.5 Å². The molecule has 2 aromatic rings. The molecule has 104 valence electrons. The van der Waals surface area contributed by atoms with Gasteiger partial charge >= 0.3 is 5.97 Å². The minimum atomic E-state index is -0.225. The second kappa shape index (κ2) is 5.51. The number of fused-ring (bicyclic) bond motifs is 1. The Labute approximate surface area is 118 Å². The molecule has 0 amide bonds. The Balaban J connectivity index is 2.08. The molecule has 0 atom stereocenters. The van der Waals surface area contributed by atoms with Crippen LogP contribution in [0, 0.1) is 0 Å². The van der Waals surface area contributed by atoms with Gasteiger partial charge in [-0.15, -0.1) is 0 Å². The van der Waals surface area contributed by atoms with E-state index in [1.165, 1.54) is 23.6 Å².